The number of hydrogen-bond donors (Lipinski definition) is 4. The molecule has 17 nitrogen and oxygen atoms in total. The number of carbonyl (C=O) groups excluding carboxylic acids is 3. The van der Waals surface area contributed by atoms with Crippen molar-refractivity contribution in [3.05, 3.63) is 83.3 Å². The number of aryl methyl sites for hydroxylation is 1. The van der Waals surface area contributed by atoms with E-state index in [9.17, 15) is 24.8 Å². The lowest BCUT2D eigenvalue weighted by Gasteiger charge is -2.38. The summed E-state index contributed by atoms with van der Waals surface area (Å²) in [6.07, 6.45) is 6.06. The summed E-state index contributed by atoms with van der Waals surface area (Å²) in [5.41, 5.74) is 8.86. The topological polar surface area (TPSA) is 210 Å². The molecule has 0 unspecified atom stereocenters. The van der Waals surface area contributed by atoms with Crippen molar-refractivity contribution in [1.29, 1.82) is 5.26 Å². The Morgan fingerprint density at radius 1 is 0.944 bits per heavy atom. The summed E-state index contributed by atoms with van der Waals surface area (Å²) < 4.78 is 1.79. The number of piperazine rings is 1. The number of benzene rings is 1. The smallest absolute Gasteiger partial charge is 0.246 e. The van der Waals surface area contributed by atoms with Crippen molar-refractivity contribution < 1.29 is 19.5 Å². The van der Waals surface area contributed by atoms with Crippen molar-refractivity contribution in [1.82, 2.24) is 50.2 Å². The fraction of sp³-hybridized carbons (Fsp3) is 0.481. The molecule has 2 saturated heterocycles. The van der Waals surface area contributed by atoms with Gasteiger partial charge in [0.2, 0.25) is 22.9 Å². The third kappa shape index (κ3) is 11.3. The average molecular weight is 998 g/mol. The monoisotopic (exact) mass is 997 g/mol. The fourth-order valence-electron chi connectivity index (χ4n) is 10.0. The largest absolute Gasteiger partial charge is 0.391 e. The van der Waals surface area contributed by atoms with Crippen LogP contribution < -0.4 is 20.9 Å². The van der Waals surface area contributed by atoms with E-state index in [0.717, 1.165) is 118 Å². The summed E-state index contributed by atoms with van der Waals surface area (Å²) in [5.74, 6) is -0.520. The van der Waals surface area contributed by atoms with Crippen LogP contribution in [-0.2, 0) is 20.9 Å². The summed E-state index contributed by atoms with van der Waals surface area (Å²) >= 11 is 3.15. The highest BCUT2D eigenvalue weighted by Gasteiger charge is 2.45. The first-order valence-electron chi connectivity index (χ1n) is 24.6. The molecule has 9 rings (SSSR count). The number of thiazole rings is 1. The molecular formula is C52H63N13O4S2. The van der Waals surface area contributed by atoms with Gasteiger partial charge in [-0.3, -0.25) is 24.3 Å². The molecule has 1 saturated carbocycles. The lowest BCUT2D eigenvalue weighted by Crippen LogP contribution is -2.58. The number of hydrogen-bond acceptors (Lipinski definition) is 15. The second-order valence-corrected chi connectivity index (χ2v) is 22.4. The molecule has 1 aliphatic carbocycles. The third-order valence-corrected chi connectivity index (χ3v) is 15.9. The van der Waals surface area contributed by atoms with E-state index >= 15 is 0 Å². The van der Waals surface area contributed by atoms with E-state index in [1.807, 2.05) is 87.9 Å². The van der Waals surface area contributed by atoms with Gasteiger partial charge in [0.15, 0.2) is 5.01 Å². The molecule has 3 atom stereocenters. The molecule has 71 heavy (non-hydrogen) atoms. The van der Waals surface area contributed by atoms with Gasteiger partial charge in [-0.2, -0.15) is 10.4 Å². The molecule has 5 aromatic heterocycles. The van der Waals surface area contributed by atoms with Gasteiger partial charge in [0.05, 0.1) is 56.4 Å². The normalized spacial score (nSPS) is 20.3. The maximum Gasteiger partial charge on any atom is 0.246 e. The van der Waals surface area contributed by atoms with Crippen LogP contribution in [0.2, 0.25) is 0 Å². The molecule has 0 spiro atoms. The van der Waals surface area contributed by atoms with Gasteiger partial charge >= 0.3 is 0 Å². The van der Waals surface area contributed by atoms with Crippen molar-refractivity contribution >= 4 is 56.7 Å². The zero-order valence-electron chi connectivity index (χ0n) is 41.3. The van der Waals surface area contributed by atoms with Crippen LogP contribution in [0, 0.1) is 35.5 Å². The van der Waals surface area contributed by atoms with Gasteiger partial charge in [0, 0.05) is 76.1 Å². The van der Waals surface area contributed by atoms with Crippen LogP contribution in [0.15, 0.2) is 66.4 Å². The number of pyridine rings is 1. The molecule has 372 valence electrons. The Labute approximate surface area is 422 Å². The van der Waals surface area contributed by atoms with Crippen molar-refractivity contribution in [3.63, 3.8) is 0 Å². The van der Waals surface area contributed by atoms with Gasteiger partial charge < -0.3 is 30.9 Å². The molecule has 19 heteroatoms. The predicted octanol–water partition coefficient (Wildman–Crippen LogP) is 6.78. The minimum atomic E-state index is -0.859. The Morgan fingerprint density at radius 3 is 2.39 bits per heavy atom. The number of aliphatic hydroxyl groups excluding tert-OH is 1. The van der Waals surface area contributed by atoms with E-state index < -0.39 is 23.6 Å². The van der Waals surface area contributed by atoms with Crippen molar-refractivity contribution in [2.24, 2.45) is 17.3 Å². The summed E-state index contributed by atoms with van der Waals surface area (Å²) in [5, 5.41) is 45.1. The van der Waals surface area contributed by atoms with Crippen LogP contribution in [0.1, 0.15) is 83.5 Å². The summed E-state index contributed by atoms with van der Waals surface area (Å²) in [6, 6.07) is 16.3. The third-order valence-electron chi connectivity index (χ3n) is 14.0. The lowest BCUT2D eigenvalue weighted by atomic mass is 9.80. The Bertz CT molecular complexity index is 2900. The highest BCUT2D eigenvalue weighted by molar-refractivity contribution is 7.18. The van der Waals surface area contributed by atoms with Crippen LogP contribution in [0.25, 0.3) is 37.9 Å². The van der Waals surface area contributed by atoms with E-state index in [4.69, 9.17) is 4.98 Å². The van der Waals surface area contributed by atoms with Crippen molar-refractivity contribution in [3.8, 4) is 38.5 Å². The SMILES string of the molecule is Cc1ncsc1-c1ccc(CNC(=O)[C@@H]2C[C@@H](O)CN2C(=O)[C@@H](NC(=O)C2CCC(CN3CCN(c4nnc(-c5cnc(-c6ccc7cc(C#N)cnn67)cc5NC(C)C)s4)CC3)CC2)C(C)(C)C)cc1. The minimum absolute atomic E-state index is 0.0343. The molecule has 0 bridgehead atoms. The van der Waals surface area contributed by atoms with Gasteiger partial charge in [-0.15, -0.1) is 21.5 Å². The second-order valence-electron chi connectivity index (χ2n) is 20.6. The molecule has 6 aromatic rings. The number of rotatable bonds is 14. The van der Waals surface area contributed by atoms with Gasteiger partial charge in [-0.05, 0) is 93.2 Å². The van der Waals surface area contributed by atoms with Crippen LogP contribution in [-0.4, -0.2) is 126 Å². The number of aromatic nitrogens is 6. The summed E-state index contributed by atoms with van der Waals surface area (Å²) in [4.78, 5) is 58.4. The molecule has 3 aliphatic rings. The van der Waals surface area contributed by atoms with Gasteiger partial charge in [-0.25, -0.2) is 9.50 Å². The lowest BCUT2D eigenvalue weighted by molar-refractivity contribution is -0.144. The zero-order valence-corrected chi connectivity index (χ0v) is 42.9. The molecule has 2 aliphatic heterocycles. The average Bonchev–Trinajstić information content (AvgIpc) is 4.19. The van der Waals surface area contributed by atoms with E-state index in [2.05, 4.69) is 65.9 Å². The summed E-state index contributed by atoms with van der Waals surface area (Å²) in [6.45, 7) is 16.7. The second kappa shape index (κ2) is 21.2. The first kappa shape index (κ1) is 49.6. The van der Waals surface area contributed by atoms with Crippen LogP contribution in [0.3, 0.4) is 0 Å². The Hall–Kier alpha value is -6.33. The van der Waals surface area contributed by atoms with Crippen molar-refractivity contribution in [2.45, 2.75) is 104 Å². The number of aliphatic hydroxyl groups is 1. The molecule has 0 radical (unpaired) electrons. The summed E-state index contributed by atoms with van der Waals surface area (Å²) in [7, 11) is 0. The van der Waals surface area contributed by atoms with Gasteiger partial charge in [-0.1, -0.05) is 56.4 Å². The maximum absolute atomic E-state index is 14.3. The van der Waals surface area contributed by atoms with E-state index in [0.29, 0.717) is 11.5 Å². The van der Waals surface area contributed by atoms with Crippen LogP contribution in [0.4, 0.5) is 10.8 Å². The van der Waals surface area contributed by atoms with Gasteiger partial charge in [0.1, 0.15) is 18.2 Å². The number of amides is 3. The Morgan fingerprint density at radius 2 is 1.70 bits per heavy atom. The van der Waals surface area contributed by atoms with Gasteiger partial charge in [0.25, 0.3) is 0 Å². The highest BCUT2D eigenvalue weighted by atomic mass is 32.1. The molecule has 3 fully saturated rings. The number of fused-ring (bicyclic) bond motifs is 1. The molecular weight excluding hydrogens is 935 g/mol. The zero-order chi connectivity index (χ0) is 50.0. The van der Waals surface area contributed by atoms with E-state index in [1.54, 1.807) is 33.4 Å². The first-order chi connectivity index (χ1) is 34.1. The standard InChI is InChI=1S/C52H63N13O4S2/c1-31(2)58-41-23-42(43-16-15-38-21-35(24-53)26-57-65(38)43)54-27-40(41)49-60-61-51(71-49)63-19-17-62(18-20-63)28-34-9-13-37(14-10-34)47(67)59-46(52(4,5)6)50(69)64-29-39(66)22-44(64)48(68)55-25-33-7-11-36(12-8-33)45-32(3)56-30-70-45/h7-8,11-12,15-16,21,23,26-27,30-31,34,37,39,44,46,66H,9-10,13-14,17-20,22,25,28-29H2,1-6H3,(H,54,58)(H,55,68)(H,59,67)/t34?,37?,39-,44+,46-/m1/s1. The molecule has 4 N–H and O–H groups in total. The molecule has 7 heterocycles. The minimum Gasteiger partial charge on any atom is -0.391 e. The Kier molecular flexibility index (Phi) is 14.8. The highest BCUT2D eigenvalue weighted by Crippen LogP contribution is 2.37. The maximum atomic E-state index is 14.3. The van der Waals surface area contributed by atoms with Crippen molar-refractivity contribution in [2.75, 3.05) is 49.5 Å². The number of nitrogens with zero attached hydrogens (tertiary/aromatic N) is 10. The predicted molar refractivity (Wildman–Crippen MR) is 277 cm³/mol. The number of β-amino-alcohol motifs (C(OH)–C–C–N with tert-alkyl or cyclic N) is 1. The molecule has 1 aromatic carbocycles. The first-order valence-corrected chi connectivity index (χ1v) is 26.3. The quantitative estimate of drug-likeness (QED) is 0.0889. The fourth-order valence-corrected chi connectivity index (χ4v) is 11.8. The Balaban J connectivity index is 0.749. The number of nitrogens with one attached hydrogen (secondary N) is 3. The van der Waals surface area contributed by atoms with Crippen LogP contribution in [0.5, 0.6) is 0 Å². The number of nitriles is 1. The van der Waals surface area contributed by atoms with E-state index in [1.165, 1.54) is 4.90 Å². The number of likely N-dealkylation sites (tertiary alicyclic amines) is 1. The molecule has 3 amide bonds. The van der Waals surface area contributed by atoms with E-state index in [-0.39, 0.29) is 49.2 Å². The van der Waals surface area contributed by atoms with Crippen LogP contribution >= 0.6 is 22.7 Å². The number of anilines is 2. The number of carbonyl (C=O) groups is 3.